The predicted molar refractivity (Wildman–Crippen MR) is 109 cm³/mol. The number of ether oxygens (including phenoxy) is 1. The number of esters is 1. The van der Waals surface area contributed by atoms with E-state index in [1.807, 2.05) is 12.1 Å². The average Bonchev–Trinajstić information content (AvgIpc) is 3.43. The van der Waals surface area contributed by atoms with Gasteiger partial charge < -0.3 is 18.9 Å². The molecule has 0 saturated carbocycles. The van der Waals surface area contributed by atoms with Gasteiger partial charge >= 0.3 is 5.97 Å². The van der Waals surface area contributed by atoms with Crippen LogP contribution in [0.3, 0.4) is 0 Å². The number of amides is 1. The standard InChI is InChI=1S/C23H17NO6/c1-14-8-9-16(11-17(14)24-22(26)20-7-4-10-28-20)23(27)29-13-18(25)21-12-15-5-2-3-6-19(15)30-21/h2-12H,13H2,1H3,(H,24,26). The number of carbonyl (C=O) groups is 3. The van der Waals surface area contributed by atoms with Gasteiger partial charge in [0.1, 0.15) is 5.58 Å². The summed E-state index contributed by atoms with van der Waals surface area (Å²) in [5.41, 5.74) is 1.98. The third-order valence-electron chi connectivity index (χ3n) is 4.50. The van der Waals surface area contributed by atoms with Gasteiger partial charge in [0, 0.05) is 11.1 Å². The van der Waals surface area contributed by atoms with E-state index in [1.165, 1.54) is 18.4 Å². The number of anilines is 1. The summed E-state index contributed by atoms with van der Waals surface area (Å²) in [4.78, 5) is 36.9. The van der Waals surface area contributed by atoms with Crippen molar-refractivity contribution < 1.29 is 28.0 Å². The first-order chi connectivity index (χ1) is 14.5. The Morgan fingerprint density at radius 3 is 2.57 bits per heavy atom. The second-order valence-corrected chi connectivity index (χ2v) is 6.61. The molecule has 0 unspecified atom stereocenters. The Hall–Kier alpha value is -4.13. The lowest BCUT2D eigenvalue weighted by Gasteiger charge is -2.09. The van der Waals surface area contributed by atoms with Gasteiger partial charge in [-0.25, -0.2) is 4.79 Å². The van der Waals surface area contributed by atoms with Crippen LogP contribution < -0.4 is 5.32 Å². The van der Waals surface area contributed by atoms with Crippen molar-refractivity contribution in [1.82, 2.24) is 0 Å². The number of carbonyl (C=O) groups excluding carboxylic acids is 3. The molecule has 0 spiro atoms. The summed E-state index contributed by atoms with van der Waals surface area (Å²) in [6.45, 7) is 1.33. The highest BCUT2D eigenvalue weighted by Crippen LogP contribution is 2.21. The largest absolute Gasteiger partial charge is 0.459 e. The zero-order chi connectivity index (χ0) is 21.1. The Morgan fingerprint density at radius 2 is 1.80 bits per heavy atom. The molecule has 0 aliphatic carbocycles. The van der Waals surface area contributed by atoms with E-state index in [9.17, 15) is 14.4 Å². The van der Waals surface area contributed by atoms with Crippen molar-refractivity contribution in [3.8, 4) is 0 Å². The Labute approximate surface area is 171 Å². The third-order valence-corrected chi connectivity index (χ3v) is 4.50. The third kappa shape index (κ3) is 4.00. The zero-order valence-corrected chi connectivity index (χ0v) is 16.0. The van der Waals surface area contributed by atoms with Crippen LogP contribution in [-0.4, -0.2) is 24.3 Å². The molecule has 0 bridgehead atoms. The van der Waals surface area contributed by atoms with Gasteiger partial charge in [-0.15, -0.1) is 0 Å². The number of furan rings is 2. The van der Waals surface area contributed by atoms with Crippen LogP contribution in [-0.2, 0) is 4.74 Å². The molecule has 2 aromatic carbocycles. The lowest BCUT2D eigenvalue weighted by molar-refractivity contribution is 0.0468. The SMILES string of the molecule is Cc1ccc(C(=O)OCC(=O)c2cc3ccccc3o2)cc1NC(=O)c1ccco1. The number of aryl methyl sites for hydroxylation is 1. The van der Waals surface area contributed by atoms with Crippen LogP contribution in [0.2, 0.25) is 0 Å². The maximum Gasteiger partial charge on any atom is 0.338 e. The van der Waals surface area contributed by atoms with Gasteiger partial charge in [-0.3, -0.25) is 9.59 Å². The molecule has 2 heterocycles. The molecule has 7 nitrogen and oxygen atoms in total. The number of fused-ring (bicyclic) bond motifs is 1. The molecule has 30 heavy (non-hydrogen) atoms. The van der Waals surface area contributed by atoms with Gasteiger partial charge in [-0.05, 0) is 48.9 Å². The van der Waals surface area contributed by atoms with Crippen LogP contribution in [0.5, 0.6) is 0 Å². The highest BCUT2D eigenvalue weighted by atomic mass is 16.5. The molecule has 0 aliphatic rings. The zero-order valence-electron chi connectivity index (χ0n) is 16.0. The smallest absolute Gasteiger partial charge is 0.338 e. The number of benzene rings is 2. The lowest BCUT2D eigenvalue weighted by Crippen LogP contribution is -2.15. The number of Topliss-reactive ketones (excluding diaryl/α,β-unsaturated/α-hetero) is 1. The minimum Gasteiger partial charge on any atom is -0.459 e. The molecular formula is C23H17NO6. The number of hydrogen-bond acceptors (Lipinski definition) is 6. The van der Waals surface area contributed by atoms with Crippen molar-refractivity contribution in [2.24, 2.45) is 0 Å². The fourth-order valence-corrected chi connectivity index (χ4v) is 2.88. The van der Waals surface area contributed by atoms with Gasteiger partial charge in [0.2, 0.25) is 5.78 Å². The second-order valence-electron chi connectivity index (χ2n) is 6.61. The molecule has 2 aromatic heterocycles. The Balaban J connectivity index is 1.42. The fraction of sp³-hybridized carbons (Fsp3) is 0.0870. The van der Waals surface area contributed by atoms with Crippen LogP contribution in [0.4, 0.5) is 5.69 Å². The Bertz CT molecular complexity index is 1200. The highest BCUT2D eigenvalue weighted by Gasteiger charge is 2.17. The van der Waals surface area contributed by atoms with Crippen LogP contribution in [0.25, 0.3) is 11.0 Å². The first-order valence-corrected chi connectivity index (χ1v) is 9.15. The van der Waals surface area contributed by atoms with E-state index >= 15 is 0 Å². The van der Waals surface area contributed by atoms with Crippen LogP contribution in [0.1, 0.15) is 37.0 Å². The van der Waals surface area contributed by atoms with E-state index in [-0.39, 0.29) is 17.1 Å². The van der Waals surface area contributed by atoms with Crippen LogP contribution in [0.15, 0.2) is 75.8 Å². The van der Waals surface area contributed by atoms with Crippen molar-refractivity contribution in [1.29, 1.82) is 0 Å². The van der Waals surface area contributed by atoms with Gasteiger partial charge in [0.25, 0.3) is 5.91 Å². The summed E-state index contributed by atoms with van der Waals surface area (Å²) in [5, 5.41) is 3.49. The normalized spacial score (nSPS) is 10.7. The van der Waals surface area contributed by atoms with E-state index < -0.39 is 24.3 Å². The van der Waals surface area contributed by atoms with Crippen LogP contribution >= 0.6 is 0 Å². The van der Waals surface area contributed by atoms with E-state index in [1.54, 1.807) is 43.3 Å². The molecule has 150 valence electrons. The number of hydrogen-bond donors (Lipinski definition) is 1. The van der Waals surface area contributed by atoms with Gasteiger partial charge in [-0.2, -0.15) is 0 Å². The molecule has 1 N–H and O–H groups in total. The molecule has 7 heteroatoms. The second kappa shape index (κ2) is 8.08. The van der Waals surface area contributed by atoms with Crippen molar-refractivity contribution >= 4 is 34.3 Å². The van der Waals surface area contributed by atoms with E-state index in [0.717, 1.165) is 10.9 Å². The molecule has 0 radical (unpaired) electrons. The molecule has 0 fully saturated rings. The quantitative estimate of drug-likeness (QED) is 0.372. The summed E-state index contributed by atoms with van der Waals surface area (Å²) in [6.07, 6.45) is 1.40. The summed E-state index contributed by atoms with van der Waals surface area (Å²) in [6, 6.07) is 16.7. The van der Waals surface area contributed by atoms with Gasteiger partial charge in [0.05, 0.1) is 11.8 Å². The fourth-order valence-electron chi connectivity index (χ4n) is 2.88. The van der Waals surface area contributed by atoms with E-state index in [4.69, 9.17) is 13.6 Å². The summed E-state index contributed by atoms with van der Waals surface area (Å²) >= 11 is 0. The lowest BCUT2D eigenvalue weighted by atomic mass is 10.1. The molecule has 4 rings (SSSR count). The first-order valence-electron chi connectivity index (χ1n) is 9.15. The highest BCUT2D eigenvalue weighted by molar-refractivity contribution is 6.04. The molecule has 0 aliphatic heterocycles. The molecule has 4 aromatic rings. The first kappa shape index (κ1) is 19.2. The predicted octanol–water partition coefficient (Wildman–Crippen LogP) is 4.63. The van der Waals surface area contributed by atoms with Crippen molar-refractivity contribution in [2.45, 2.75) is 6.92 Å². The van der Waals surface area contributed by atoms with Crippen molar-refractivity contribution in [3.63, 3.8) is 0 Å². The van der Waals surface area contributed by atoms with Gasteiger partial charge in [-0.1, -0.05) is 24.3 Å². The summed E-state index contributed by atoms with van der Waals surface area (Å²) in [7, 11) is 0. The molecular weight excluding hydrogens is 386 g/mol. The van der Waals surface area contributed by atoms with Crippen molar-refractivity contribution in [3.05, 3.63) is 89.6 Å². The number of rotatable bonds is 6. The number of para-hydroxylation sites is 1. The summed E-state index contributed by atoms with van der Waals surface area (Å²) in [5.74, 6) is -1.29. The maximum absolute atomic E-state index is 12.4. The minimum atomic E-state index is -0.687. The van der Waals surface area contributed by atoms with Crippen LogP contribution in [0, 0.1) is 6.92 Å². The summed E-state index contributed by atoms with van der Waals surface area (Å²) < 4.78 is 15.7. The maximum atomic E-state index is 12.4. The number of nitrogens with one attached hydrogen (secondary N) is 1. The number of ketones is 1. The Kier molecular flexibility index (Phi) is 5.17. The van der Waals surface area contributed by atoms with E-state index in [0.29, 0.717) is 11.3 Å². The molecule has 0 saturated heterocycles. The molecule has 1 amide bonds. The minimum absolute atomic E-state index is 0.124. The van der Waals surface area contributed by atoms with E-state index in [2.05, 4.69) is 5.32 Å². The average molecular weight is 403 g/mol. The van der Waals surface area contributed by atoms with Gasteiger partial charge in [0.15, 0.2) is 18.1 Å². The molecule has 0 atom stereocenters. The topological polar surface area (TPSA) is 98.8 Å². The van der Waals surface area contributed by atoms with Crippen molar-refractivity contribution in [2.75, 3.05) is 11.9 Å². The monoisotopic (exact) mass is 403 g/mol. The Morgan fingerprint density at radius 1 is 0.967 bits per heavy atom.